The number of nitrogens with zero attached hydrogens (tertiary/aromatic N) is 2. The number of aromatic nitrogens is 2. The molecule has 0 aliphatic carbocycles. The first-order valence-electron chi connectivity index (χ1n) is 8.27. The molecule has 26 heavy (non-hydrogen) atoms. The maximum atomic E-state index is 12.9. The molecule has 1 aromatic heterocycles. The van der Waals surface area contributed by atoms with Crippen molar-refractivity contribution in [2.24, 2.45) is 0 Å². The number of carbonyl (C=O) groups excluding carboxylic acids is 1. The molecule has 0 radical (unpaired) electrons. The largest absolute Gasteiger partial charge is 0.497 e. The maximum absolute atomic E-state index is 12.9. The van der Waals surface area contributed by atoms with Gasteiger partial charge in [-0.3, -0.25) is 14.2 Å². The Morgan fingerprint density at radius 1 is 1.12 bits per heavy atom. The van der Waals surface area contributed by atoms with Gasteiger partial charge in [0.2, 0.25) is 5.91 Å². The minimum absolute atomic E-state index is 0.214. The Morgan fingerprint density at radius 3 is 2.58 bits per heavy atom. The standard InChI is InChI=1S/C20H17N3O3/c1-12-19(24)22-17(11-13-7-9-14(26-2)10-8-13)18-21-16-6-4-3-5-15(16)20(25)23(12)18/h3-12H,1-2H3,(H,22,24)/b17-11-. The summed E-state index contributed by atoms with van der Waals surface area (Å²) in [5.41, 5.74) is 1.76. The topological polar surface area (TPSA) is 73.2 Å². The van der Waals surface area contributed by atoms with E-state index in [0.29, 0.717) is 22.4 Å². The zero-order chi connectivity index (χ0) is 18.3. The van der Waals surface area contributed by atoms with Crippen LogP contribution in [-0.2, 0) is 4.79 Å². The second-order valence-electron chi connectivity index (χ2n) is 6.12. The number of carbonyl (C=O) groups is 1. The Bertz CT molecular complexity index is 1100. The molecule has 4 rings (SSSR count). The van der Waals surface area contributed by atoms with E-state index in [1.807, 2.05) is 30.3 Å². The predicted octanol–water partition coefficient (Wildman–Crippen LogP) is 2.59. The summed E-state index contributed by atoms with van der Waals surface area (Å²) in [6.07, 6.45) is 1.80. The van der Waals surface area contributed by atoms with Crippen molar-refractivity contribution in [3.63, 3.8) is 0 Å². The average Bonchev–Trinajstić information content (AvgIpc) is 2.66. The lowest BCUT2D eigenvalue weighted by Gasteiger charge is -2.26. The second-order valence-corrected chi connectivity index (χ2v) is 6.12. The van der Waals surface area contributed by atoms with Gasteiger partial charge in [0.15, 0.2) is 5.82 Å². The highest BCUT2D eigenvalue weighted by Crippen LogP contribution is 2.24. The highest BCUT2D eigenvalue weighted by atomic mass is 16.5. The summed E-state index contributed by atoms with van der Waals surface area (Å²) >= 11 is 0. The van der Waals surface area contributed by atoms with Gasteiger partial charge < -0.3 is 10.1 Å². The Balaban J connectivity index is 1.93. The first-order chi connectivity index (χ1) is 12.6. The van der Waals surface area contributed by atoms with Crippen LogP contribution in [0, 0.1) is 0 Å². The monoisotopic (exact) mass is 347 g/mol. The molecule has 0 saturated heterocycles. The number of fused-ring (bicyclic) bond motifs is 2. The number of para-hydroxylation sites is 1. The van der Waals surface area contributed by atoms with Crippen molar-refractivity contribution in [1.82, 2.24) is 14.9 Å². The highest BCUT2D eigenvalue weighted by molar-refractivity contribution is 5.96. The molecule has 1 unspecified atom stereocenters. The van der Waals surface area contributed by atoms with Crippen LogP contribution in [0.25, 0.3) is 22.7 Å². The molecule has 1 aliphatic rings. The van der Waals surface area contributed by atoms with E-state index in [1.165, 1.54) is 4.57 Å². The van der Waals surface area contributed by atoms with Crippen LogP contribution in [0.3, 0.4) is 0 Å². The fraction of sp³-hybridized carbons (Fsp3) is 0.150. The van der Waals surface area contributed by atoms with Crippen LogP contribution >= 0.6 is 0 Å². The van der Waals surface area contributed by atoms with E-state index in [2.05, 4.69) is 10.3 Å². The number of amides is 1. The maximum Gasteiger partial charge on any atom is 0.262 e. The SMILES string of the molecule is COc1ccc(/C=C2\NC(=O)C(C)n3c2nc2ccccc2c3=O)cc1. The first kappa shape index (κ1) is 16.1. The van der Waals surface area contributed by atoms with Crippen molar-refractivity contribution < 1.29 is 9.53 Å². The molecule has 6 nitrogen and oxygen atoms in total. The van der Waals surface area contributed by atoms with Gasteiger partial charge in [-0.15, -0.1) is 0 Å². The van der Waals surface area contributed by atoms with Crippen molar-refractivity contribution >= 4 is 28.6 Å². The summed E-state index contributed by atoms with van der Waals surface area (Å²) < 4.78 is 6.62. The molecule has 0 spiro atoms. The van der Waals surface area contributed by atoms with Crippen LogP contribution in [0.1, 0.15) is 24.4 Å². The molecule has 1 N–H and O–H groups in total. The number of nitrogens with one attached hydrogen (secondary N) is 1. The van der Waals surface area contributed by atoms with Crippen LogP contribution < -0.4 is 15.6 Å². The molecule has 130 valence electrons. The van der Waals surface area contributed by atoms with E-state index in [0.717, 1.165) is 11.3 Å². The Labute approximate surface area is 149 Å². The molecule has 1 aliphatic heterocycles. The van der Waals surface area contributed by atoms with Crippen molar-refractivity contribution in [2.45, 2.75) is 13.0 Å². The summed E-state index contributed by atoms with van der Waals surface area (Å²) in [4.78, 5) is 29.9. The van der Waals surface area contributed by atoms with E-state index in [1.54, 1.807) is 38.3 Å². The van der Waals surface area contributed by atoms with Crippen LogP contribution in [-0.4, -0.2) is 22.6 Å². The molecule has 1 amide bonds. The quantitative estimate of drug-likeness (QED) is 0.773. The van der Waals surface area contributed by atoms with Gasteiger partial charge in [0, 0.05) is 0 Å². The van der Waals surface area contributed by atoms with E-state index in [9.17, 15) is 9.59 Å². The van der Waals surface area contributed by atoms with Gasteiger partial charge in [0.25, 0.3) is 5.56 Å². The number of benzene rings is 2. The lowest BCUT2D eigenvalue weighted by Crippen LogP contribution is -2.43. The molecule has 2 aromatic carbocycles. The van der Waals surface area contributed by atoms with Gasteiger partial charge in [-0.2, -0.15) is 0 Å². The number of ether oxygens (including phenoxy) is 1. The third-order valence-corrected chi connectivity index (χ3v) is 4.50. The normalized spacial score (nSPS) is 17.8. The van der Waals surface area contributed by atoms with Gasteiger partial charge in [-0.25, -0.2) is 4.98 Å². The minimum Gasteiger partial charge on any atom is -0.497 e. The number of rotatable bonds is 2. The third-order valence-electron chi connectivity index (χ3n) is 4.50. The highest BCUT2D eigenvalue weighted by Gasteiger charge is 2.29. The van der Waals surface area contributed by atoms with Crippen LogP contribution in [0.15, 0.2) is 53.3 Å². The van der Waals surface area contributed by atoms with E-state index >= 15 is 0 Å². The molecule has 3 aromatic rings. The van der Waals surface area contributed by atoms with Crippen molar-refractivity contribution in [1.29, 1.82) is 0 Å². The van der Waals surface area contributed by atoms with Gasteiger partial charge in [-0.05, 0) is 42.8 Å². The summed E-state index contributed by atoms with van der Waals surface area (Å²) in [5.74, 6) is 0.960. The van der Waals surface area contributed by atoms with Gasteiger partial charge in [0.05, 0.1) is 23.7 Å². The van der Waals surface area contributed by atoms with Gasteiger partial charge in [-0.1, -0.05) is 24.3 Å². The van der Waals surface area contributed by atoms with E-state index in [4.69, 9.17) is 4.74 Å². The molecule has 0 bridgehead atoms. The third kappa shape index (κ3) is 2.56. The van der Waals surface area contributed by atoms with Gasteiger partial charge >= 0.3 is 0 Å². The molecule has 2 heterocycles. The summed E-state index contributed by atoms with van der Waals surface area (Å²) in [6.45, 7) is 1.70. The smallest absolute Gasteiger partial charge is 0.262 e. The van der Waals surface area contributed by atoms with Crippen molar-refractivity contribution in [3.8, 4) is 5.75 Å². The molecule has 0 saturated carbocycles. The predicted molar refractivity (Wildman–Crippen MR) is 99.7 cm³/mol. The summed E-state index contributed by atoms with van der Waals surface area (Å²) in [6, 6.07) is 13.9. The molecular formula is C20H17N3O3. The lowest BCUT2D eigenvalue weighted by atomic mass is 10.1. The van der Waals surface area contributed by atoms with Crippen molar-refractivity contribution in [2.75, 3.05) is 7.11 Å². The van der Waals surface area contributed by atoms with Crippen molar-refractivity contribution in [3.05, 3.63) is 70.3 Å². The van der Waals surface area contributed by atoms with E-state index < -0.39 is 6.04 Å². The fourth-order valence-corrected chi connectivity index (χ4v) is 3.07. The first-order valence-corrected chi connectivity index (χ1v) is 8.27. The lowest BCUT2D eigenvalue weighted by molar-refractivity contribution is -0.123. The van der Waals surface area contributed by atoms with Crippen LogP contribution in [0.4, 0.5) is 0 Å². The summed E-state index contributed by atoms with van der Waals surface area (Å²) in [5, 5.41) is 3.36. The van der Waals surface area contributed by atoms with E-state index in [-0.39, 0.29) is 11.5 Å². The summed E-state index contributed by atoms with van der Waals surface area (Å²) in [7, 11) is 1.61. The number of hydrogen-bond acceptors (Lipinski definition) is 4. The van der Waals surface area contributed by atoms with Crippen LogP contribution in [0.2, 0.25) is 0 Å². The average molecular weight is 347 g/mol. The Kier molecular flexibility index (Phi) is 3.80. The zero-order valence-corrected chi connectivity index (χ0v) is 14.4. The Morgan fingerprint density at radius 2 is 1.85 bits per heavy atom. The minimum atomic E-state index is -0.623. The fourth-order valence-electron chi connectivity index (χ4n) is 3.07. The zero-order valence-electron chi connectivity index (χ0n) is 14.4. The molecule has 6 heteroatoms. The second kappa shape index (κ2) is 6.15. The molecular weight excluding hydrogens is 330 g/mol. The number of methoxy groups -OCH3 is 1. The van der Waals surface area contributed by atoms with Crippen LogP contribution in [0.5, 0.6) is 5.75 Å². The Hall–Kier alpha value is -3.41. The molecule has 0 fully saturated rings. The number of hydrogen-bond donors (Lipinski definition) is 1. The molecule has 1 atom stereocenters. The van der Waals surface area contributed by atoms with Gasteiger partial charge in [0.1, 0.15) is 11.8 Å².